The third kappa shape index (κ3) is 10.5. The van der Waals surface area contributed by atoms with E-state index in [1.165, 1.54) is 6.07 Å². The van der Waals surface area contributed by atoms with E-state index < -0.39 is 0 Å². The molecule has 29 heavy (non-hydrogen) atoms. The number of hydrogen-bond donors (Lipinski definition) is 1. The first-order valence-electron chi connectivity index (χ1n) is 9.33. The van der Waals surface area contributed by atoms with Crippen molar-refractivity contribution in [3.63, 3.8) is 0 Å². The summed E-state index contributed by atoms with van der Waals surface area (Å²) in [5.74, 6) is -0.192. The Balaban J connectivity index is 0.000000667. The fourth-order valence-electron chi connectivity index (χ4n) is 2.38. The Labute approximate surface area is 172 Å². The van der Waals surface area contributed by atoms with Crippen LogP contribution in [0, 0.1) is 5.82 Å². The number of carboxylic acid groups (broad SMARTS) is 1. The Morgan fingerprint density at radius 3 is 2.24 bits per heavy atom. The number of hydrogen-bond acceptors (Lipinski definition) is 3. The molecule has 0 atom stereocenters. The second-order valence-corrected chi connectivity index (χ2v) is 5.31. The van der Waals surface area contributed by atoms with Crippen LogP contribution in [0.2, 0.25) is 0 Å². The maximum atomic E-state index is 13.3. The molecule has 1 heterocycles. The van der Waals surface area contributed by atoms with Gasteiger partial charge < -0.3 is 5.11 Å². The van der Waals surface area contributed by atoms with Crippen LogP contribution in [-0.4, -0.2) is 37.1 Å². The summed E-state index contributed by atoms with van der Waals surface area (Å²) >= 11 is 0. The number of nitrogens with zero attached hydrogens (tertiary/aromatic N) is 2. The predicted molar refractivity (Wildman–Crippen MR) is 121 cm³/mol. The van der Waals surface area contributed by atoms with Crippen molar-refractivity contribution in [1.29, 1.82) is 0 Å². The maximum Gasteiger partial charge on any atom is 0.290 e. The topological polar surface area (TPSA) is 62.0 Å². The molecule has 3 rings (SSSR count). The third-order valence-electron chi connectivity index (χ3n) is 3.49. The smallest absolute Gasteiger partial charge is 0.290 e. The molecule has 0 radical (unpaired) electrons. The summed E-state index contributed by atoms with van der Waals surface area (Å²) in [7, 11) is 1.71. The van der Waals surface area contributed by atoms with Crippen molar-refractivity contribution in [3.8, 4) is 0 Å². The van der Waals surface area contributed by atoms with Gasteiger partial charge in [0.05, 0.1) is 5.71 Å². The lowest BCUT2D eigenvalue weighted by atomic mass is 9.96. The van der Waals surface area contributed by atoms with Crippen molar-refractivity contribution in [2.45, 2.75) is 20.3 Å². The minimum atomic E-state index is -0.250. The van der Waals surface area contributed by atoms with Crippen LogP contribution in [0.25, 0.3) is 5.57 Å². The van der Waals surface area contributed by atoms with Crippen molar-refractivity contribution >= 4 is 24.0 Å². The molecule has 4 nitrogen and oxygen atoms in total. The van der Waals surface area contributed by atoms with Crippen molar-refractivity contribution in [2.75, 3.05) is 13.6 Å². The first-order valence-corrected chi connectivity index (χ1v) is 9.33. The number of carbonyl (C=O) groups is 1. The molecule has 1 aliphatic heterocycles. The fraction of sp³-hybridized carbons (Fsp3) is 0.208. The zero-order chi connectivity index (χ0) is 21.9. The van der Waals surface area contributed by atoms with Crippen LogP contribution in [0.3, 0.4) is 0 Å². The molecule has 5 heteroatoms. The van der Waals surface area contributed by atoms with E-state index >= 15 is 0 Å². The molecule has 0 bridgehead atoms. The lowest BCUT2D eigenvalue weighted by Gasteiger charge is -2.14. The Bertz CT molecular complexity index is 813. The van der Waals surface area contributed by atoms with Crippen LogP contribution in [0.1, 0.15) is 31.4 Å². The molecule has 1 aliphatic rings. The molecule has 0 saturated heterocycles. The number of halogens is 1. The standard InChI is InChI=1S/C17H14FN.C4H7N.C2H6.CH2O2/c18-16-8-4-7-14(11-16)15-9-10-19-17(12-15)13-5-2-1-3-6-13;1-3-4-5-2;1-2;2-1-3/h1-8,11-12H,9-10H2;3-4H,1H2,2H3;1-2H3;1H,(H,2,3). The SMILES string of the molecule is C=CC=NC.CC.Fc1cccc(C2=CC(c3ccccc3)=NCC2)c1.O=CO. The van der Waals surface area contributed by atoms with Crippen molar-refractivity contribution in [3.05, 3.63) is 90.3 Å². The minimum Gasteiger partial charge on any atom is -0.483 e. The Morgan fingerprint density at radius 1 is 1.10 bits per heavy atom. The first kappa shape index (κ1) is 25.7. The highest BCUT2D eigenvalue weighted by molar-refractivity contribution is 6.13. The van der Waals surface area contributed by atoms with E-state index in [-0.39, 0.29) is 12.3 Å². The van der Waals surface area contributed by atoms with Gasteiger partial charge in [-0.25, -0.2) is 4.39 Å². The number of dihydropyridines is 1. The Hall–Kier alpha value is -3.34. The molecule has 0 unspecified atom stereocenters. The monoisotopic (exact) mass is 396 g/mol. The zero-order valence-corrected chi connectivity index (χ0v) is 17.3. The van der Waals surface area contributed by atoms with E-state index in [4.69, 9.17) is 9.90 Å². The van der Waals surface area contributed by atoms with Gasteiger partial charge in [0.15, 0.2) is 0 Å². The number of aliphatic imine (C=N–C) groups is 2. The third-order valence-corrected chi connectivity index (χ3v) is 3.49. The van der Waals surface area contributed by atoms with E-state index in [9.17, 15) is 4.39 Å². The highest BCUT2D eigenvalue weighted by Crippen LogP contribution is 2.23. The highest BCUT2D eigenvalue weighted by atomic mass is 19.1. The lowest BCUT2D eigenvalue weighted by molar-refractivity contribution is -0.122. The average molecular weight is 397 g/mol. The van der Waals surface area contributed by atoms with Crippen molar-refractivity contribution in [2.24, 2.45) is 9.98 Å². The molecular formula is C24H29FN2O2. The van der Waals surface area contributed by atoms with Crippen molar-refractivity contribution in [1.82, 2.24) is 0 Å². The number of benzene rings is 2. The van der Waals surface area contributed by atoms with Crippen LogP contribution in [-0.2, 0) is 4.79 Å². The largest absolute Gasteiger partial charge is 0.483 e. The molecule has 154 valence electrons. The van der Waals surface area contributed by atoms with Gasteiger partial charge in [-0.1, -0.05) is 69.0 Å². The van der Waals surface area contributed by atoms with Gasteiger partial charge in [0.2, 0.25) is 0 Å². The Morgan fingerprint density at radius 2 is 1.72 bits per heavy atom. The van der Waals surface area contributed by atoms with Gasteiger partial charge in [-0.15, -0.1) is 0 Å². The summed E-state index contributed by atoms with van der Waals surface area (Å²) < 4.78 is 13.3. The summed E-state index contributed by atoms with van der Waals surface area (Å²) in [4.78, 5) is 16.5. The molecule has 0 amide bonds. The number of rotatable bonds is 3. The molecule has 0 aromatic heterocycles. The van der Waals surface area contributed by atoms with Gasteiger partial charge in [-0.3, -0.25) is 14.8 Å². The lowest BCUT2D eigenvalue weighted by Crippen LogP contribution is -2.06. The molecular weight excluding hydrogens is 367 g/mol. The van der Waals surface area contributed by atoms with Gasteiger partial charge in [-0.05, 0) is 41.3 Å². The highest BCUT2D eigenvalue weighted by Gasteiger charge is 2.10. The summed E-state index contributed by atoms with van der Waals surface area (Å²) in [6, 6.07) is 16.8. The summed E-state index contributed by atoms with van der Waals surface area (Å²) in [6.45, 7) is 7.91. The minimum absolute atomic E-state index is 0.192. The van der Waals surface area contributed by atoms with Gasteiger partial charge in [0.25, 0.3) is 6.47 Å². The molecule has 0 saturated carbocycles. The van der Waals surface area contributed by atoms with Gasteiger partial charge >= 0.3 is 0 Å². The summed E-state index contributed by atoms with van der Waals surface area (Å²) in [5, 5.41) is 6.89. The maximum absolute atomic E-state index is 13.3. The molecule has 0 spiro atoms. The summed E-state index contributed by atoms with van der Waals surface area (Å²) in [6.07, 6.45) is 6.20. The van der Waals surface area contributed by atoms with E-state index in [0.717, 1.165) is 35.4 Å². The second-order valence-electron chi connectivity index (χ2n) is 5.31. The average Bonchev–Trinajstić information content (AvgIpc) is 2.77. The van der Waals surface area contributed by atoms with Crippen LogP contribution in [0.5, 0.6) is 0 Å². The van der Waals surface area contributed by atoms with Gasteiger partial charge in [0.1, 0.15) is 5.82 Å². The van der Waals surface area contributed by atoms with Crippen LogP contribution in [0.15, 0.2) is 83.3 Å². The second kappa shape index (κ2) is 16.8. The van der Waals surface area contributed by atoms with Crippen LogP contribution >= 0.6 is 0 Å². The van der Waals surface area contributed by atoms with Crippen molar-refractivity contribution < 1.29 is 14.3 Å². The molecule has 0 aliphatic carbocycles. The number of allylic oxidation sites excluding steroid dienone is 2. The van der Waals surface area contributed by atoms with E-state index in [0.29, 0.717) is 0 Å². The summed E-state index contributed by atoms with van der Waals surface area (Å²) in [5.41, 5.74) is 4.18. The molecule has 1 N–H and O–H groups in total. The van der Waals surface area contributed by atoms with Crippen LogP contribution < -0.4 is 0 Å². The predicted octanol–water partition coefficient (Wildman–Crippen LogP) is 5.70. The molecule has 2 aromatic rings. The van der Waals surface area contributed by atoms with E-state index in [1.807, 2.05) is 50.2 Å². The molecule has 2 aromatic carbocycles. The van der Waals surface area contributed by atoms with Gasteiger partial charge in [0, 0.05) is 19.8 Å². The first-order chi connectivity index (χ1) is 14.2. The fourth-order valence-corrected chi connectivity index (χ4v) is 2.38. The quantitative estimate of drug-likeness (QED) is 0.534. The Kier molecular flexibility index (Phi) is 14.9. The van der Waals surface area contributed by atoms with E-state index in [1.54, 1.807) is 31.5 Å². The van der Waals surface area contributed by atoms with Gasteiger partial charge in [-0.2, -0.15) is 0 Å². The normalized spacial score (nSPS) is 11.9. The molecule has 0 fully saturated rings. The van der Waals surface area contributed by atoms with E-state index in [2.05, 4.69) is 22.6 Å². The zero-order valence-electron chi connectivity index (χ0n) is 17.3. The van der Waals surface area contributed by atoms with Crippen LogP contribution in [0.4, 0.5) is 4.39 Å².